The first-order valence-corrected chi connectivity index (χ1v) is 14.1. The van der Waals surface area contributed by atoms with Crippen LogP contribution in [0, 0.1) is 0 Å². The third-order valence-corrected chi connectivity index (χ3v) is 6.23. The van der Waals surface area contributed by atoms with E-state index < -0.39 is 18.2 Å². The molecule has 0 aromatic heterocycles. The van der Waals surface area contributed by atoms with Gasteiger partial charge in [0.2, 0.25) is 0 Å². The first-order chi connectivity index (χ1) is 17.0. The van der Waals surface area contributed by atoms with Crippen LogP contribution in [-0.4, -0.2) is 79.1 Å². The molecular formula is C28H54NO7+. The summed E-state index contributed by atoms with van der Waals surface area (Å²) in [6, 6.07) is 0. The number of hydrogen-bond acceptors (Lipinski definition) is 6. The fraction of sp³-hybridized carbons (Fsp3) is 0.893. The maximum Gasteiger partial charge on any atom is 0.306 e. The molecule has 0 spiro atoms. The number of aliphatic hydroxyl groups is 1. The van der Waals surface area contributed by atoms with Crippen molar-refractivity contribution in [1.82, 2.24) is 0 Å². The number of rotatable bonds is 24. The summed E-state index contributed by atoms with van der Waals surface area (Å²) >= 11 is 0. The summed E-state index contributed by atoms with van der Waals surface area (Å²) in [5, 5.41) is 19.3. The molecule has 0 radical (unpaired) electrons. The molecule has 8 nitrogen and oxygen atoms in total. The Morgan fingerprint density at radius 1 is 0.722 bits per heavy atom. The highest BCUT2D eigenvalue weighted by atomic mass is 16.6. The lowest BCUT2D eigenvalue weighted by atomic mass is 9.99. The molecule has 0 aliphatic rings. The zero-order valence-corrected chi connectivity index (χ0v) is 23.5. The first kappa shape index (κ1) is 34.3. The quantitative estimate of drug-likeness (QED) is 0.102. The normalized spacial score (nSPS) is 13.2. The predicted octanol–water partition coefficient (Wildman–Crippen LogP) is 5.24. The Labute approximate surface area is 219 Å². The molecule has 2 atom stereocenters. The monoisotopic (exact) mass is 516 g/mol. The third kappa shape index (κ3) is 22.8. The van der Waals surface area contributed by atoms with Gasteiger partial charge in [0, 0.05) is 19.3 Å². The van der Waals surface area contributed by atoms with Crippen LogP contribution in [0.2, 0.25) is 0 Å². The van der Waals surface area contributed by atoms with Gasteiger partial charge in [-0.15, -0.1) is 0 Å². The molecule has 2 N–H and O–H groups in total. The highest BCUT2D eigenvalue weighted by Crippen LogP contribution is 2.18. The molecule has 0 amide bonds. The van der Waals surface area contributed by atoms with Crippen molar-refractivity contribution in [2.45, 2.75) is 128 Å². The largest absolute Gasteiger partial charge is 0.481 e. The summed E-state index contributed by atoms with van der Waals surface area (Å²) in [6.07, 6.45) is 12.1. The topological polar surface area (TPSA) is 110 Å². The molecule has 0 aliphatic heterocycles. The number of carbonyl (C=O) groups is 3. The molecule has 36 heavy (non-hydrogen) atoms. The summed E-state index contributed by atoms with van der Waals surface area (Å²) in [5.41, 5.74) is 0. The van der Waals surface area contributed by atoms with E-state index in [1.165, 1.54) is 0 Å². The molecule has 2 unspecified atom stereocenters. The van der Waals surface area contributed by atoms with Gasteiger partial charge >= 0.3 is 17.9 Å². The Hall–Kier alpha value is -1.67. The van der Waals surface area contributed by atoms with Gasteiger partial charge in [0.15, 0.2) is 0 Å². The van der Waals surface area contributed by atoms with Crippen molar-refractivity contribution in [2.75, 3.05) is 34.3 Å². The highest BCUT2D eigenvalue weighted by Gasteiger charge is 2.23. The third-order valence-electron chi connectivity index (χ3n) is 6.23. The van der Waals surface area contributed by atoms with Crippen molar-refractivity contribution < 1.29 is 38.6 Å². The van der Waals surface area contributed by atoms with E-state index in [-0.39, 0.29) is 31.2 Å². The van der Waals surface area contributed by atoms with Gasteiger partial charge in [-0.05, 0) is 32.1 Å². The lowest BCUT2D eigenvalue weighted by Gasteiger charge is -2.23. The minimum atomic E-state index is -0.724. The maximum absolute atomic E-state index is 12.4. The molecular weight excluding hydrogens is 462 g/mol. The van der Waals surface area contributed by atoms with Crippen molar-refractivity contribution in [2.24, 2.45) is 0 Å². The van der Waals surface area contributed by atoms with Crippen LogP contribution >= 0.6 is 0 Å². The minimum absolute atomic E-state index is 0.147. The van der Waals surface area contributed by atoms with E-state index in [2.05, 4.69) is 6.92 Å². The molecule has 0 rings (SSSR count). The second-order valence-corrected chi connectivity index (χ2v) is 10.9. The van der Waals surface area contributed by atoms with Crippen LogP contribution < -0.4 is 0 Å². The Morgan fingerprint density at radius 2 is 1.28 bits per heavy atom. The SMILES string of the molecule is CCCCCC(OC(=O)CCCC(=O)OCC[N+](C)(C)C)C(O)CCCCCCCCCCC(=O)O. The van der Waals surface area contributed by atoms with E-state index in [1.54, 1.807) is 0 Å². The van der Waals surface area contributed by atoms with E-state index in [0.29, 0.717) is 25.9 Å². The molecule has 0 saturated carbocycles. The predicted molar refractivity (Wildman–Crippen MR) is 142 cm³/mol. The van der Waals surface area contributed by atoms with E-state index in [0.717, 1.165) is 81.7 Å². The number of carboxylic acid groups (broad SMARTS) is 1. The molecule has 0 saturated heterocycles. The van der Waals surface area contributed by atoms with E-state index in [9.17, 15) is 19.5 Å². The number of ether oxygens (including phenoxy) is 2. The second-order valence-electron chi connectivity index (χ2n) is 10.9. The summed E-state index contributed by atoms with van der Waals surface area (Å²) in [5.74, 6) is -1.38. The lowest BCUT2D eigenvalue weighted by molar-refractivity contribution is -0.870. The van der Waals surface area contributed by atoms with Gasteiger partial charge in [-0.1, -0.05) is 64.7 Å². The summed E-state index contributed by atoms with van der Waals surface area (Å²) < 4.78 is 11.6. The molecule has 212 valence electrons. The van der Waals surface area contributed by atoms with Gasteiger partial charge < -0.3 is 24.2 Å². The van der Waals surface area contributed by atoms with E-state index in [4.69, 9.17) is 14.6 Å². The van der Waals surface area contributed by atoms with Crippen LogP contribution in [0.5, 0.6) is 0 Å². The average Bonchev–Trinajstić information content (AvgIpc) is 2.78. The molecule has 0 aromatic rings. The Balaban J connectivity index is 4.15. The molecule has 0 heterocycles. The molecule has 0 bridgehead atoms. The van der Waals surface area contributed by atoms with Crippen LogP contribution in [0.1, 0.15) is 116 Å². The Kier molecular flexibility index (Phi) is 20.4. The zero-order chi connectivity index (χ0) is 27.2. The van der Waals surface area contributed by atoms with E-state index >= 15 is 0 Å². The fourth-order valence-electron chi connectivity index (χ4n) is 3.91. The van der Waals surface area contributed by atoms with Crippen molar-refractivity contribution in [1.29, 1.82) is 0 Å². The number of nitrogens with zero attached hydrogens (tertiary/aromatic N) is 1. The molecule has 0 aliphatic carbocycles. The highest BCUT2D eigenvalue weighted by molar-refractivity contribution is 5.72. The number of esters is 2. The summed E-state index contributed by atoms with van der Waals surface area (Å²) in [7, 11) is 6.10. The Morgan fingerprint density at radius 3 is 1.86 bits per heavy atom. The van der Waals surface area contributed by atoms with Crippen LogP contribution in [0.15, 0.2) is 0 Å². The van der Waals surface area contributed by atoms with Crippen LogP contribution in [-0.2, 0) is 23.9 Å². The van der Waals surface area contributed by atoms with Crippen molar-refractivity contribution in [3.8, 4) is 0 Å². The summed E-state index contributed by atoms with van der Waals surface area (Å²) in [6.45, 7) is 3.22. The molecule has 0 aromatic carbocycles. The van der Waals surface area contributed by atoms with Crippen LogP contribution in [0.25, 0.3) is 0 Å². The zero-order valence-electron chi connectivity index (χ0n) is 23.5. The minimum Gasteiger partial charge on any atom is -0.481 e. The van der Waals surface area contributed by atoms with Gasteiger partial charge in [-0.2, -0.15) is 0 Å². The maximum atomic E-state index is 12.4. The smallest absolute Gasteiger partial charge is 0.306 e. The number of unbranched alkanes of at least 4 members (excludes halogenated alkanes) is 9. The van der Waals surface area contributed by atoms with Crippen LogP contribution in [0.4, 0.5) is 0 Å². The number of hydrogen-bond donors (Lipinski definition) is 2. The number of aliphatic carboxylic acids is 1. The van der Waals surface area contributed by atoms with Gasteiger partial charge in [-0.25, -0.2) is 0 Å². The van der Waals surface area contributed by atoms with Gasteiger partial charge in [0.25, 0.3) is 0 Å². The molecule has 8 heteroatoms. The van der Waals surface area contributed by atoms with Gasteiger partial charge in [-0.3, -0.25) is 14.4 Å². The number of carboxylic acids is 1. The number of aliphatic hydroxyl groups excluding tert-OH is 1. The standard InChI is InChI=1S/C28H53NO7/c1-5-6-13-18-25(24(30)17-14-11-9-7-8-10-12-15-19-26(31)32)36-28(34)21-16-20-27(33)35-23-22-29(2,3)4/h24-25,30H,5-23H2,1-4H3/p+1. The first-order valence-electron chi connectivity index (χ1n) is 14.1. The number of carbonyl (C=O) groups excluding carboxylic acids is 2. The fourth-order valence-corrected chi connectivity index (χ4v) is 3.91. The lowest BCUT2D eigenvalue weighted by Crippen LogP contribution is -2.38. The summed E-state index contributed by atoms with van der Waals surface area (Å²) in [4.78, 5) is 34.7. The Bertz CT molecular complexity index is 589. The van der Waals surface area contributed by atoms with E-state index in [1.807, 2.05) is 21.1 Å². The average molecular weight is 517 g/mol. The van der Waals surface area contributed by atoms with Crippen LogP contribution in [0.3, 0.4) is 0 Å². The van der Waals surface area contributed by atoms with Crippen molar-refractivity contribution in [3.63, 3.8) is 0 Å². The number of likely N-dealkylation sites (N-methyl/N-ethyl adjacent to an activating group) is 1. The van der Waals surface area contributed by atoms with Gasteiger partial charge in [0.1, 0.15) is 19.3 Å². The van der Waals surface area contributed by atoms with Crippen molar-refractivity contribution in [3.05, 3.63) is 0 Å². The number of quaternary nitrogens is 1. The van der Waals surface area contributed by atoms with Crippen molar-refractivity contribution >= 4 is 17.9 Å². The molecule has 0 fully saturated rings. The second kappa shape index (κ2) is 21.4. The van der Waals surface area contributed by atoms with Gasteiger partial charge in [0.05, 0.1) is 27.2 Å².